The van der Waals surface area contributed by atoms with E-state index < -0.39 is 0 Å². The second-order valence-electron chi connectivity index (χ2n) is 7.05. The van der Waals surface area contributed by atoms with E-state index >= 15 is 0 Å². The maximum Gasteiger partial charge on any atom is 0.256 e. The van der Waals surface area contributed by atoms with E-state index in [9.17, 15) is 9.59 Å². The number of benzene rings is 2. The van der Waals surface area contributed by atoms with E-state index in [1.54, 1.807) is 11.8 Å². The maximum atomic E-state index is 13.0. The predicted molar refractivity (Wildman–Crippen MR) is 107 cm³/mol. The van der Waals surface area contributed by atoms with Crippen LogP contribution < -0.4 is 10.2 Å². The Morgan fingerprint density at radius 1 is 1.07 bits per heavy atom. The number of pyridine rings is 1. The highest BCUT2D eigenvalue weighted by Gasteiger charge is 2.22. The van der Waals surface area contributed by atoms with Crippen molar-refractivity contribution in [1.82, 2.24) is 4.98 Å². The van der Waals surface area contributed by atoms with Gasteiger partial charge in [-0.1, -0.05) is 11.6 Å². The van der Waals surface area contributed by atoms with Gasteiger partial charge in [-0.05, 0) is 62.2 Å². The van der Waals surface area contributed by atoms with Gasteiger partial charge in [0.1, 0.15) is 0 Å². The molecule has 2 amide bonds. The minimum atomic E-state index is -0.155. The molecule has 0 bridgehead atoms. The first-order valence-corrected chi connectivity index (χ1v) is 9.03. The molecule has 0 unspecified atom stereocenters. The van der Waals surface area contributed by atoms with E-state index in [0.29, 0.717) is 12.1 Å². The summed E-state index contributed by atoms with van der Waals surface area (Å²) in [4.78, 5) is 30.9. The molecule has 5 heteroatoms. The molecule has 1 aliphatic heterocycles. The van der Waals surface area contributed by atoms with Gasteiger partial charge in [0.2, 0.25) is 5.91 Å². The third kappa shape index (κ3) is 3.16. The number of nitrogens with one attached hydrogen (secondary N) is 1. The number of hydrogen-bond donors (Lipinski definition) is 1. The lowest BCUT2D eigenvalue weighted by atomic mass is 10.0. The lowest BCUT2D eigenvalue weighted by Crippen LogP contribution is -2.25. The van der Waals surface area contributed by atoms with Crippen molar-refractivity contribution in [2.75, 3.05) is 16.8 Å². The zero-order chi connectivity index (χ0) is 19.1. The molecular formula is C22H21N3O2. The van der Waals surface area contributed by atoms with Crippen LogP contribution >= 0.6 is 0 Å². The fourth-order valence-electron chi connectivity index (χ4n) is 3.66. The summed E-state index contributed by atoms with van der Waals surface area (Å²) in [6.07, 6.45) is 0.801. The molecule has 0 atom stereocenters. The first kappa shape index (κ1) is 17.2. The van der Waals surface area contributed by atoms with Crippen LogP contribution in [0.2, 0.25) is 0 Å². The summed E-state index contributed by atoms with van der Waals surface area (Å²) < 4.78 is 0. The molecule has 1 aromatic heterocycles. The summed E-state index contributed by atoms with van der Waals surface area (Å²) in [5.74, 6) is -0.114. The number of amides is 2. The minimum absolute atomic E-state index is 0.0413. The lowest BCUT2D eigenvalue weighted by Gasteiger charge is -2.15. The number of nitrogens with zero attached hydrogens (tertiary/aromatic N) is 2. The van der Waals surface area contributed by atoms with Gasteiger partial charge in [0.05, 0.1) is 11.1 Å². The summed E-state index contributed by atoms with van der Waals surface area (Å²) in [5.41, 5.74) is 6.07. The van der Waals surface area contributed by atoms with Gasteiger partial charge in [0.25, 0.3) is 5.91 Å². The Kier molecular flexibility index (Phi) is 4.15. The molecule has 2 aromatic carbocycles. The predicted octanol–water partition coefficient (Wildman–Crippen LogP) is 4.01. The third-order valence-electron chi connectivity index (χ3n) is 4.95. The van der Waals surface area contributed by atoms with Crippen LogP contribution in [0.1, 0.15) is 34.1 Å². The monoisotopic (exact) mass is 359 g/mol. The smallest absolute Gasteiger partial charge is 0.256 e. The van der Waals surface area contributed by atoms with Crippen LogP contribution in [0.5, 0.6) is 0 Å². The third-order valence-corrected chi connectivity index (χ3v) is 4.95. The summed E-state index contributed by atoms with van der Waals surface area (Å²) in [7, 11) is 0. The Balaban J connectivity index is 1.67. The molecule has 5 nitrogen and oxygen atoms in total. The SMILES string of the molecule is CC(=O)N1CCc2cc(NC(=O)c3cc(C)nc4ccc(C)cc34)ccc21. The van der Waals surface area contributed by atoms with Crippen LogP contribution in [0.25, 0.3) is 10.9 Å². The highest BCUT2D eigenvalue weighted by molar-refractivity contribution is 6.12. The second-order valence-corrected chi connectivity index (χ2v) is 7.05. The quantitative estimate of drug-likeness (QED) is 0.752. The number of anilines is 2. The fraction of sp³-hybridized carbons (Fsp3) is 0.227. The molecule has 0 radical (unpaired) electrons. The molecule has 0 saturated heterocycles. The summed E-state index contributed by atoms with van der Waals surface area (Å²) in [6.45, 7) is 6.16. The number of carbonyl (C=O) groups is 2. The van der Waals surface area contributed by atoms with Crippen molar-refractivity contribution >= 4 is 34.1 Å². The van der Waals surface area contributed by atoms with Crippen molar-refractivity contribution in [2.45, 2.75) is 27.2 Å². The van der Waals surface area contributed by atoms with E-state index in [4.69, 9.17) is 0 Å². The van der Waals surface area contributed by atoms with Gasteiger partial charge in [-0.2, -0.15) is 0 Å². The van der Waals surface area contributed by atoms with Crippen molar-refractivity contribution in [3.05, 3.63) is 64.8 Å². The second kappa shape index (κ2) is 6.50. The molecule has 3 aromatic rings. The van der Waals surface area contributed by atoms with E-state index in [0.717, 1.165) is 45.5 Å². The van der Waals surface area contributed by atoms with Crippen molar-refractivity contribution in [1.29, 1.82) is 0 Å². The van der Waals surface area contributed by atoms with Crippen molar-refractivity contribution in [3.8, 4) is 0 Å². The van der Waals surface area contributed by atoms with E-state index in [1.807, 2.05) is 56.3 Å². The Morgan fingerprint density at radius 3 is 2.67 bits per heavy atom. The Morgan fingerprint density at radius 2 is 1.89 bits per heavy atom. The minimum Gasteiger partial charge on any atom is -0.322 e. The molecule has 4 rings (SSSR count). The van der Waals surface area contributed by atoms with Crippen molar-refractivity contribution < 1.29 is 9.59 Å². The van der Waals surface area contributed by atoms with Crippen LogP contribution in [0, 0.1) is 13.8 Å². The van der Waals surface area contributed by atoms with Gasteiger partial charge >= 0.3 is 0 Å². The van der Waals surface area contributed by atoms with Gasteiger partial charge < -0.3 is 10.2 Å². The standard InChI is InChI=1S/C22H21N3O2/c1-13-4-6-20-18(10-13)19(11-14(2)23-20)22(27)24-17-5-7-21-16(12-17)8-9-25(21)15(3)26/h4-7,10-12H,8-9H2,1-3H3,(H,24,27). The number of rotatable bonds is 2. The Bertz CT molecular complexity index is 1090. The number of fused-ring (bicyclic) bond motifs is 2. The molecule has 1 aliphatic rings. The average Bonchev–Trinajstić information content (AvgIpc) is 3.04. The molecule has 1 N–H and O–H groups in total. The average molecular weight is 359 g/mol. The molecule has 27 heavy (non-hydrogen) atoms. The Hall–Kier alpha value is -3.21. The summed E-state index contributed by atoms with van der Waals surface area (Å²) >= 11 is 0. The largest absolute Gasteiger partial charge is 0.322 e. The normalized spacial score (nSPS) is 12.9. The summed E-state index contributed by atoms with van der Waals surface area (Å²) in [5, 5.41) is 3.85. The van der Waals surface area contributed by atoms with Gasteiger partial charge in [-0.25, -0.2) is 0 Å². The lowest BCUT2D eigenvalue weighted by molar-refractivity contribution is -0.116. The van der Waals surface area contributed by atoms with Gasteiger partial charge in [0, 0.05) is 35.9 Å². The van der Waals surface area contributed by atoms with Crippen molar-refractivity contribution in [3.63, 3.8) is 0 Å². The number of aryl methyl sites for hydroxylation is 2. The first-order valence-electron chi connectivity index (χ1n) is 9.03. The molecule has 0 fully saturated rings. The first-order chi connectivity index (χ1) is 12.9. The van der Waals surface area contributed by atoms with Crippen LogP contribution in [-0.4, -0.2) is 23.3 Å². The van der Waals surface area contributed by atoms with Crippen molar-refractivity contribution in [2.24, 2.45) is 0 Å². The summed E-state index contributed by atoms with van der Waals surface area (Å²) in [6, 6.07) is 13.5. The molecule has 2 heterocycles. The fourth-order valence-corrected chi connectivity index (χ4v) is 3.66. The molecule has 0 aliphatic carbocycles. The zero-order valence-corrected chi connectivity index (χ0v) is 15.7. The van der Waals surface area contributed by atoms with Gasteiger partial charge in [-0.15, -0.1) is 0 Å². The van der Waals surface area contributed by atoms with E-state index in [2.05, 4.69) is 10.3 Å². The zero-order valence-electron chi connectivity index (χ0n) is 15.7. The van der Waals surface area contributed by atoms with Crippen LogP contribution in [-0.2, 0) is 11.2 Å². The molecule has 0 saturated carbocycles. The number of hydrogen-bond acceptors (Lipinski definition) is 3. The van der Waals surface area contributed by atoms with Crippen LogP contribution in [0.15, 0.2) is 42.5 Å². The highest BCUT2D eigenvalue weighted by atomic mass is 16.2. The van der Waals surface area contributed by atoms with E-state index in [1.165, 1.54) is 0 Å². The number of carbonyl (C=O) groups excluding carboxylic acids is 2. The Labute approximate surface area is 158 Å². The number of aromatic nitrogens is 1. The van der Waals surface area contributed by atoms with E-state index in [-0.39, 0.29) is 11.8 Å². The molecular weight excluding hydrogens is 338 g/mol. The van der Waals surface area contributed by atoms with Gasteiger partial charge in [0.15, 0.2) is 0 Å². The molecule has 0 spiro atoms. The molecule has 136 valence electrons. The maximum absolute atomic E-state index is 13.0. The van der Waals surface area contributed by atoms with Crippen LogP contribution in [0.4, 0.5) is 11.4 Å². The van der Waals surface area contributed by atoms with Crippen LogP contribution in [0.3, 0.4) is 0 Å². The highest BCUT2D eigenvalue weighted by Crippen LogP contribution is 2.31. The van der Waals surface area contributed by atoms with Gasteiger partial charge in [-0.3, -0.25) is 14.6 Å². The topological polar surface area (TPSA) is 62.3 Å².